The molecule has 0 atom stereocenters. The van der Waals surface area contributed by atoms with Gasteiger partial charge in [0.2, 0.25) is 0 Å². The van der Waals surface area contributed by atoms with Crippen LogP contribution in [-0.4, -0.2) is 13.6 Å². The highest BCUT2D eigenvalue weighted by atomic mass is 35.5. The molecular formula is C13H18ClN. The number of anilines is 1. The standard InChI is InChI=1S/C13H18ClN/c1-10-3-6-13(12(7-10)8-14)15(2)9-11-4-5-11/h3,6-7,11H,4-5,8-9H2,1-2H3. The molecule has 0 amide bonds. The molecule has 82 valence electrons. The number of halogens is 1. The van der Waals surface area contributed by atoms with Crippen molar-refractivity contribution in [1.29, 1.82) is 0 Å². The second kappa shape index (κ2) is 4.44. The van der Waals surface area contributed by atoms with Gasteiger partial charge in [0.25, 0.3) is 0 Å². The highest BCUT2D eigenvalue weighted by Crippen LogP contribution is 2.32. The molecule has 15 heavy (non-hydrogen) atoms. The first-order valence-electron chi connectivity index (χ1n) is 5.57. The molecule has 1 aromatic rings. The molecule has 1 aromatic carbocycles. The fourth-order valence-electron chi connectivity index (χ4n) is 1.98. The summed E-state index contributed by atoms with van der Waals surface area (Å²) in [4.78, 5) is 2.34. The van der Waals surface area contributed by atoms with Gasteiger partial charge in [0.1, 0.15) is 0 Å². The van der Waals surface area contributed by atoms with E-state index in [-0.39, 0.29) is 0 Å². The molecule has 0 heterocycles. The Hall–Kier alpha value is -0.690. The van der Waals surface area contributed by atoms with E-state index in [1.165, 1.54) is 36.2 Å². The summed E-state index contributed by atoms with van der Waals surface area (Å²) in [6.45, 7) is 3.29. The summed E-state index contributed by atoms with van der Waals surface area (Å²) < 4.78 is 0. The van der Waals surface area contributed by atoms with Crippen LogP contribution in [0.4, 0.5) is 5.69 Å². The van der Waals surface area contributed by atoms with Crippen LogP contribution in [0.5, 0.6) is 0 Å². The van der Waals surface area contributed by atoms with E-state index in [4.69, 9.17) is 11.6 Å². The normalized spacial score (nSPS) is 15.4. The van der Waals surface area contributed by atoms with Gasteiger partial charge in [-0.3, -0.25) is 0 Å². The van der Waals surface area contributed by atoms with E-state index in [2.05, 4.69) is 37.1 Å². The van der Waals surface area contributed by atoms with Gasteiger partial charge >= 0.3 is 0 Å². The average Bonchev–Trinajstić information content (AvgIpc) is 3.01. The summed E-state index contributed by atoms with van der Waals surface area (Å²) in [6.07, 6.45) is 2.79. The third-order valence-corrected chi connectivity index (χ3v) is 3.31. The molecule has 0 unspecified atom stereocenters. The first-order valence-corrected chi connectivity index (χ1v) is 6.11. The Morgan fingerprint density at radius 3 is 2.73 bits per heavy atom. The molecule has 0 bridgehead atoms. The van der Waals surface area contributed by atoms with Gasteiger partial charge in [-0.25, -0.2) is 0 Å². The summed E-state index contributed by atoms with van der Waals surface area (Å²) in [5.74, 6) is 1.52. The maximum Gasteiger partial charge on any atom is 0.0494 e. The second-order valence-electron chi connectivity index (χ2n) is 4.59. The largest absolute Gasteiger partial charge is 0.374 e. The number of benzene rings is 1. The van der Waals surface area contributed by atoms with Crippen LogP contribution in [-0.2, 0) is 5.88 Å². The average molecular weight is 224 g/mol. The van der Waals surface area contributed by atoms with Crippen LogP contribution < -0.4 is 4.90 Å². The van der Waals surface area contributed by atoms with Crippen LogP contribution in [0.25, 0.3) is 0 Å². The summed E-state index contributed by atoms with van der Waals surface area (Å²) in [6, 6.07) is 6.54. The van der Waals surface area contributed by atoms with Crippen LogP contribution in [0.1, 0.15) is 24.0 Å². The van der Waals surface area contributed by atoms with Crippen LogP contribution >= 0.6 is 11.6 Å². The van der Waals surface area contributed by atoms with E-state index >= 15 is 0 Å². The molecule has 2 heteroatoms. The van der Waals surface area contributed by atoms with Gasteiger partial charge in [0.15, 0.2) is 0 Å². The van der Waals surface area contributed by atoms with E-state index in [9.17, 15) is 0 Å². The van der Waals surface area contributed by atoms with Crippen molar-refractivity contribution in [2.75, 3.05) is 18.5 Å². The maximum atomic E-state index is 5.97. The molecule has 0 saturated heterocycles. The number of alkyl halides is 1. The second-order valence-corrected chi connectivity index (χ2v) is 4.86. The van der Waals surface area contributed by atoms with Crippen molar-refractivity contribution in [2.45, 2.75) is 25.6 Å². The first kappa shape index (κ1) is 10.8. The Morgan fingerprint density at radius 2 is 2.13 bits per heavy atom. The lowest BCUT2D eigenvalue weighted by Crippen LogP contribution is -2.21. The maximum absolute atomic E-state index is 5.97. The third kappa shape index (κ3) is 2.66. The Bertz CT molecular complexity index is 344. The van der Waals surface area contributed by atoms with Gasteiger partial charge in [-0.2, -0.15) is 0 Å². The number of hydrogen-bond donors (Lipinski definition) is 0. The van der Waals surface area contributed by atoms with Gasteiger partial charge in [0, 0.05) is 25.2 Å². The summed E-state index contributed by atoms with van der Waals surface area (Å²) in [7, 11) is 2.17. The van der Waals surface area contributed by atoms with Crippen molar-refractivity contribution in [2.24, 2.45) is 5.92 Å². The van der Waals surface area contributed by atoms with Gasteiger partial charge < -0.3 is 4.90 Å². The molecule has 1 saturated carbocycles. The number of hydrogen-bond acceptors (Lipinski definition) is 1. The molecule has 1 fully saturated rings. The lowest BCUT2D eigenvalue weighted by molar-refractivity contribution is 0.785. The summed E-state index contributed by atoms with van der Waals surface area (Å²) >= 11 is 5.97. The Labute approximate surface area is 97.0 Å². The highest BCUT2D eigenvalue weighted by molar-refractivity contribution is 6.17. The zero-order valence-electron chi connectivity index (χ0n) is 9.46. The molecule has 1 aliphatic carbocycles. The Morgan fingerprint density at radius 1 is 1.40 bits per heavy atom. The van der Waals surface area contributed by atoms with Crippen molar-refractivity contribution in [1.82, 2.24) is 0 Å². The topological polar surface area (TPSA) is 3.24 Å². The minimum absolute atomic E-state index is 0.603. The van der Waals surface area contributed by atoms with Crippen LogP contribution in [0.2, 0.25) is 0 Å². The Balaban J connectivity index is 2.17. The summed E-state index contributed by atoms with van der Waals surface area (Å²) in [5, 5.41) is 0. The monoisotopic (exact) mass is 223 g/mol. The predicted octanol–water partition coefficient (Wildman–Crippen LogP) is 3.58. The number of nitrogens with zero attached hydrogens (tertiary/aromatic N) is 1. The summed E-state index contributed by atoms with van der Waals surface area (Å²) in [5.41, 5.74) is 3.83. The van der Waals surface area contributed by atoms with E-state index in [1.54, 1.807) is 0 Å². The van der Waals surface area contributed by atoms with E-state index < -0.39 is 0 Å². The van der Waals surface area contributed by atoms with Crippen molar-refractivity contribution < 1.29 is 0 Å². The molecule has 1 aliphatic rings. The minimum Gasteiger partial charge on any atom is -0.374 e. The molecule has 0 N–H and O–H groups in total. The smallest absolute Gasteiger partial charge is 0.0494 e. The molecule has 0 radical (unpaired) electrons. The third-order valence-electron chi connectivity index (χ3n) is 3.02. The zero-order chi connectivity index (χ0) is 10.8. The quantitative estimate of drug-likeness (QED) is 0.706. The van der Waals surface area contributed by atoms with Crippen LogP contribution in [0.15, 0.2) is 18.2 Å². The van der Waals surface area contributed by atoms with E-state index in [1.807, 2.05) is 0 Å². The van der Waals surface area contributed by atoms with Gasteiger partial charge in [-0.05, 0) is 37.3 Å². The lowest BCUT2D eigenvalue weighted by Gasteiger charge is -2.22. The van der Waals surface area contributed by atoms with Gasteiger partial charge in [-0.1, -0.05) is 17.7 Å². The van der Waals surface area contributed by atoms with Crippen molar-refractivity contribution >= 4 is 17.3 Å². The van der Waals surface area contributed by atoms with E-state index in [0.717, 1.165) is 5.92 Å². The fraction of sp³-hybridized carbons (Fsp3) is 0.538. The molecule has 0 aliphatic heterocycles. The molecule has 0 spiro atoms. The van der Waals surface area contributed by atoms with E-state index in [0.29, 0.717) is 5.88 Å². The van der Waals surface area contributed by atoms with Gasteiger partial charge in [0.05, 0.1) is 0 Å². The SMILES string of the molecule is Cc1ccc(N(C)CC2CC2)c(CCl)c1. The van der Waals surface area contributed by atoms with Crippen LogP contribution in [0.3, 0.4) is 0 Å². The minimum atomic E-state index is 0.603. The first-order chi connectivity index (χ1) is 7.20. The molecule has 0 aromatic heterocycles. The lowest BCUT2D eigenvalue weighted by atomic mass is 10.1. The highest BCUT2D eigenvalue weighted by Gasteiger charge is 2.23. The number of rotatable bonds is 4. The number of aryl methyl sites for hydroxylation is 1. The molecule has 2 rings (SSSR count). The van der Waals surface area contributed by atoms with Crippen molar-refractivity contribution in [3.63, 3.8) is 0 Å². The molecule has 1 nitrogen and oxygen atoms in total. The predicted molar refractivity (Wildman–Crippen MR) is 66.7 cm³/mol. The van der Waals surface area contributed by atoms with Crippen molar-refractivity contribution in [3.05, 3.63) is 29.3 Å². The van der Waals surface area contributed by atoms with Gasteiger partial charge in [-0.15, -0.1) is 11.6 Å². The zero-order valence-corrected chi connectivity index (χ0v) is 10.2. The molecular weight excluding hydrogens is 206 g/mol. The fourth-order valence-corrected chi connectivity index (χ4v) is 2.19. The van der Waals surface area contributed by atoms with Crippen molar-refractivity contribution in [3.8, 4) is 0 Å². The van der Waals surface area contributed by atoms with Crippen LogP contribution in [0, 0.1) is 12.8 Å². The Kier molecular flexibility index (Phi) is 3.20.